The van der Waals surface area contributed by atoms with Gasteiger partial charge in [-0.05, 0) is 13.3 Å². The first-order valence-corrected chi connectivity index (χ1v) is 7.59. The molecule has 12 heteroatoms. The van der Waals surface area contributed by atoms with Crippen molar-refractivity contribution in [1.82, 2.24) is 16.0 Å². The van der Waals surface area contributed by atoms with Gasteiger partial charge in [-0.3, -0.25) is 24.0 Å². The Labute approximate surface area is 148 Å². The highest BCUT2D eigenvalue weighted by molar-refractivity contribution is 5.94. The number of carbonyl (C=O) groups is 6. The molecule has 0 heterocycles. The number of carbonyl (C=O) groups excluding carboxylic acids is 4. The predicted octanol–water partition coefficient (Wildman–Crippen LogP) is -3.04. The van der Waals surface area contributed by atoms with Gasteiger partial charge in [0.25, 0.3) is 0 Å². The number of aliphatic carboxylic acids is 2. The molecular weight excluding hydrogens is 352 g/mol. The Balaban J connectivity index is 5.18. The number of nitrogens with one attached hydrogen (secondary N) is 3. The van der Waals surface area contributed by atoms with Crippen molar-refractivity contribution in [3.63, 3.8) is 0 Å². The highest BCUT2D eigenvalue weighted by Crippen LogP contribution is 2.02. The van der Waals surface area contributed by atoms with Crippen LogP contribution in [0.1, 0.15) is 26.2 Å². The molecule has 0 aliphatic rings. The Kier molecular flexibility index (Phi) is 10.2. The van der Waals surface area contributed by atoms with Gasteiger partial charge < -0.3 is 36.7 Å². The minimum atomic E-state index is -1.52. The van der Waals surface area contributed by atoms with E-state index in [0.717, 1.165) is 0 Å². The summed E-state index contributed by atoms with van der Waals surface area (Å²) in [7, 11) is 0. The zero-order chi connectivity index (χ0) is 20.3. The fraction of sp³-hybridized carbons (Fsp3) is 0.571. The number of rotatable bonds is 12. The first-order chi connectivity index (χ1) is 12.1. The number of carboxylic acid groups (broad SMARTS) is 2. The first kappa shape index (κ1) is 23.0. The highest BCUT2D eigenvalue weighted by atomic mass is 16.4. The number of carboxylic acids is 2. The third-order valence-corrected chi connectivity index (χ3v) is 3.07. The summed E-state index contributed by atoms with van der Waals surface area (Å²) < 4.78 is 0. The molecule has 0 saturated heterocycles. The first-order valence-electron chi connectivity index (χ1n) is 7.59. The molecule has 0 aromatic heterocycles. The molecule has 0 rings (SSSR count). The maximum atomic E-state index is 12.3. The molecule has 0 spiro atoms. The van der Waals surface area contributed by atoms with Crippen LogP contribution in [0.2, 0.25) is 0 Å². The summed E-state index contributed by atoms with van der Waals surface area (Å²) in [5.41, 5.74) is 5.13. The molecule has 0 saturated carbocycles. The molecule has 0 fully saturated rings. The number of hydrogen-bond acceptors (Lipinski definition) is 7. The largest absolute Gasteiger partial charge is 0.481 e. The molecule has 0 aliphatic carbocycles. The van der Waals surface area contributed by atoms with Crippen LogP contribution in [0, 0.1) is 0 Å². The Morgan fingerprint density at radius 1 is 0.962 bits per heavy atom. The predicted molar refractivity (Wildman–Crippen MR) is 85.7 cm³/mol. The van der Waals surface area contributed by atoms with E-state index < -0.39 is 67.2 Å². The maximum Gasteiger partial charge on any atom is 0.305 e. The summed E-state index contributed by atoms with van der Waals surface area (Å²) in [6, 6.07) is -3.75. The molecule has 0 bridgehead atoms. The summed E-state index contributed by atoms with van der Waals surface area (Å²) in [5, 5.41) is 24.1. The van der Waals surface area contributed by atoms with Gasteiger partial charge in [0.05, 0.1) is 19.0 Å². The molecule has 0 radical (unpaired) electrons. The number of aldehydes is 1. The standard InChI is InChI=1S/C14H22N4O8/c1-7(6-19)16-14(26)9(4-12(23)24)18-13(25)8(2-3-11(21)22)17-10(20)5-15/h6-9H,2-5,15H2,1H3,(H,16,26)(H,17,20)(H,18,25)(H,21,22)(H,23,24)/t7-,8-,9-/m0/s1. The van der Waals surface area contributed by atoms with Crippen molar-refractivity contribution in [3.8, 4) is 0 Å². The van der Waals surface area contributed by atoms with E-state index in [9.17, 15) is 28.8 Å². The van der Waals surface area contributed by atoms with Crippen molar-refractivity contribution in [2.75, 3.05) is 6.54 Å². The third kappa shape index (κ3) is 9.32. The minimum Gasteiger partial charge on any atom is -0.481 e. The normalized spacial score (nSPS) is 13.6. The zero-order valence-electron chi connectivity index (χ0n) is 14.1. The van der Waals surface area contributed by atoms with Gasteiger partial charge in [-0.15, -0.1) is 0 Å². The molecule has 7 N–H and O–H groups in total. The maximum absolute atomic E-state index is 12.3. The zero-order valence-corrected chi connectivity index (χ0v) is 14.1. The SMILES string of the molecule is C[C@@H](C=O)NC(=O)[C@H](CC(=O)O)NC(=O)[C@H](CCC(=O)O)NC(=O)CN. The second-order valence-electron chi connectivity index (χ2n) is 5.35. The summed E-state index contributed by atoms with van der Waals surface area (Å²) in [6.07, 6.45) is -1.12. The minimum absolute atomic E-state index is 0.293. The molecule has 3 atom stereocenters. The van der Waals surface area contributed by atoms with Gasteiger partial charge in [0.15, 0.2) is 0 Å². The van der Waals surface area contributed by atoms with Crippen molar-refractivity contribution in [3.05, 3.63) is 0 Å². The van der Waals surface area contributed by atoms with E-state index >= 15 is 0 Å². The average Bonchev–Trinajstić information content (AvgIpc) is 2.56. The van der Waals surface area contributed by atoms with Crippen molar-refractivity contribution in [2.24, 2.45) is 5.73 Å². The van der Waals surface area contributed by atoms with Crippen molar-refractivity contribution >= 4 is 35.9 Å². The molecule has 0 aromatic rings. The van der Waals surface area contributed by atoms with Crippen LogP contribution < -0.4 is 21.7 Å². The molecule has 0 aliphatic heterocycles. The van der Waals surface area contributed by atoms with Gasteiger partial charge >= 0.3 is 11.9 Å². The van der Waals surface area contributed by atoms with Crippen molar-refractivity contribution in [1.29, 1.82) is 0 Å². The third-order valence-electron chi connectivity index (χ3n) is 3.07. The number of amides is 3. The second-order valence-corrected chi connectivity index (χ2v) is 5.35. The fourth-order valence-corrected chi connectivity index (χ4v) is 1.81. The Hall–Kier alpha value is -3.02. The quantitative estimate of drug-likeness (QED) is 0.192. The molecule has 12 nitrogen and oxygen atoms in total. The summed E-state index contributed by atoms with van der Waals surface area (Å²) >= 11 is 0. The van der Waals surface area contributed by atoms with E-state index in [0.29, 0.717) is 6.29 Å². The molecule has 0 aromatic carbocycles. The topological polar surface area (TPSA) is 205 Å². The molecule has 0 unspecified atom stereocenters. The van der Waals surface area contributed by atoms with Crippen LogP contribution in [0.5, 0.6) is 0 Å². The van der Waals surface area contributed by atoms with E-state index in [4.69, 9.17) is 15.9 Å². The van der Waals surface area contributed by atoms with Crippen LogP contribution in [-0.2, 0) is 28.8 Å². The van der Waals surface area contributed by atoms with Gasteiger partial charge in [-0.25, -0.2) is 0 Å². The van der Waals surface area contributed by atoms with Crippen LogP contribution in [0.15, 0.2) is 0 Å². The lowest BCUT2D eigenvalue weighted by molar-refractivity contribution is -0.141. The molecule has 3 amide bonds. The van der Waals surface area contributed by atoms with E-state index in [2.05, 4.69) is 16.0 Å². The van der Waals surface area contributed by atoms with Crippen LogP contribution in [0.4, 0.5) is 0 Å². The summed E-state index contributed by atoms with van der Waals surface area (Å²) in [4.78, 5) is 67.8. The smallest absolute Gasteiger partial charge is 0.305 e. The second kappa shape index (κ2) is 11.5. The van der Waals surface area contributed by atoms with E-state index in [1.54, 1.807) is 0 Å². The highest BCUT2D eigenvalue weighted by Gasteiger charge is 2.29. The number of nitrogens with two attached hydrogens (primary N) is 1. The lowest BCUT2D eigenvalue weighted by atomic mass is 10.1. The van der Waals surface area contributed by atoms with Gasteiger partial charge in [-0.1, -0.05) is 0 Å². The van der Waals surface area contributed by atoms with E-state index in [-0.39, 0.29) is 6.42 Å². The Morgan fingerprint density at radius 3 is 2.00 bits per heavy atom. The lowest BCUT2D eigenvalue weighted by Gasteiger charge is -2.22. The average molecular weight is 374 g/mol. The van der Waals surface area contributed by atoms with Crippen LogP contribution in [-0.4, -0.2) is 70.8 Å². The van der Waals surface area contributed by atoms with Crippen molar-refractivity contribution in [2.45, 2.75) is 44.3 Å². The van der Waals surface area contributed by atoms with Crippen LogP contribution >= 0.6 is 0 Å². The van der Waals surface area contributed by atoms with Crippen LogP contribution in [0.25, 0.3) is 0 Å². The van der Waals surface area contributed by atoms with Crippen LogP contribution in [0.3, 0.4) is 0 Å². The van der Waals surface area contributed by atoms with E-state index in [1.807, 2.05) is 0 Å². The molecular formula is C14H22N4O8. The fourth-order valence-electron chi connectivity index (χ4n) is 1.81. The molecule has 26 heavy (non-hydrogen) atoms. The lowest BCUT2D eigenvalue weighted by Crippen LogP contribution is -2.55. The number of hydrogen-bond donors (Lipinski definition) is 6. The van der Waals surface area contributed by atoms with E-state index in [1.165, 1.54) is 6.92 Å². The van der Waals surface area contributed by atoms with Gasteiger partial charge in [0, 0.05) is 6.42 Å². The molecule has 146 valence electrons. The van der Waals surface area contributed by atoms with Gasteiger partial charge in [0.2, 0.25) is 17.7 Å². The summed E-state index contributed by atoms with van der Waals surface area (Å²) in [5.74, 6) is -5.21. The Bertz CT molecular complexity index is 565. The van der Waals surface area contributed by atoms with Crippen molar-refractivity contribution < 1.29 is 39.0 Å². The Morgan fingerprint density at radius 2 is 1.54 bits per heavy atom. The van der Waals surface area contributed by atoms with Gasteiger partial charge in [-0.2, -0.15) is 0 Å². The van der Waals surface area contributed by atoms with Gasteiger partial charge in [0.1, 0.15) is 18.4 Å². The summed E-state index contributed by atoms with van der Waals surface area (Å²) in [6.45, 7) is 0.897. The monoisotopic (exact) mass is 374 g/mol.